The summed E-state index contributed by atoms with van der Waals surface area (Å²) >= 11 is 5.80. The van der Waals surface area contributed by atoms with Crippen molar-refractivity contribution in [3.8, 4) is 0 Å². The molecule has 6 N–H and O–H groups in total. The number of benzene rings is 1. The standard InChI is InChI=1S/C39H55ClN8O9S/c1-6-24(5)33(47-36(52)29(19-23(3)4)45-37(53)31-21-41-17-18-42-31)38(54)46-30(20-25-11-9-8-10-12-25)35(51)44-28(7-2)34(50)39(55)43-22-32(49)48-58(56,57)27-15-13-26(40)14-16-27/h13-18,21,23-25,28-30,33H,6-12,19-20,22H2,1-5H3,(H,43,55)(H,44,51)(H,45,53)(H,46,54)(H,47,52)(H,48,49)/t24-,28?,29-,30-,33-/m0/s1. The van der Waals surface area contributed by atoms with E-state index in [1.54, 1.807) is 18.6 Å². The highest BCUT2D eigenvalue weighted by atomic mass is 35.5. The molecule has 1 aliphatic carbocycles. The van der Waals surface area contributed by atoms with Gasteiger partial charge in [0.1, 0.15) is 23.8 Å². The van der Waals surface area contributed by atoms with Gasteiger partial charge in [0.15, 0.2) is 0 Å². The molecule has 0 saturated heterocycles. The molecule has 0 spiro atoms. The third kappa shape index (κ3) is 14.8. The largest absolute Gasteiger partial charge is 0.344 e. The van der Waals surface area contributed by atoms with Crippen LogP contribution in [-0.2, 0) is 38.8 Å². The lowest BCUT2D eigenvalue weighted by molar-refractivity contribution is -0.141. The molecular formula is C39H55ClN8O9S. The number of rotatable bonds is 21. The van der Waals surface area contributed by atoms with Gasteiger partial charge in [-0.05, 0) is 61.3 Å². The molecule has 3 rings (SSSR count). The minimum Gasteiger partial charge on any atom is -0.344 e. The minimum absolute atomic E-state index is 0.0120. The van der Waals surface area contributed by atoms with E-state index in [1.165, 1.54) is 42.9 Å². The maximum atomic E-state index is 14.0. The van der Waals surface area contributed by atoms with Gasteiger partial charge in [0.05, 0.1) is 23.7 Å². The van der Waals surface area contributed by atoms with Crippen molar-refractivity contribution >= 4 is 62.9 Å². The first-order valence-corrected chi connectivity index (χ1v) is 21.4. The van der Waals surface area contributed by atoms with Gasteiger partial charge in [0.2, 0.25) is 23.5 Å². The minimum atomic E-state index is -4.29. The van der Waals surface area contributed by atoms with E-state index in [2.05, 4.69) is 36.6 Å². The van der Waals surface area contributed by atoms with Crippen molar-refractivity contribution in [3.63, 3.8) is 0 Å². The number of nitrogens with zero attached hydrogens (tertiary/aromatic N) is 2. The fourth-order valence-corrected chi connectivity index (χ4v) is 7.56. The summed E-state index contributed by atoms with van der Waals surface area (Å²) in [6.07, 6.45) is 9.56. The molecule has 1 aromatic carbocycles. The fourth-order valence-electron chi connectivity index (χ4n) is 6.45. The van der Waals surface area contributed by atoms with Crippen LogP contribution in [-0.4, -0.2) is 90.3 Å². The lowest BCUT2D eigenvalue weighted by atomic mass is 9.84. The van der Waals surface area contributed by atoms with Crippen molar-refractivity contribution in [2.75, 3.05) is 6.54 Å². The Morgan fingerprint density at radius 2 is 1.43 bits per heavy atom. The third-order valence-electron chi connectivity index (χ3n) is 9.89. The van der Waals surface area contributed by atoms with Crippen molar-refractivity contribution in [1.82, 2.24) is 41.3 Å². The van der Waals surface area contributed by atoms with Gasteiger partial charge in [-0.2, -0.15) is 0 Å². The normalized spacial score (nSPS) is 15.8. The summed E-state index contributed by atoms with van der Waals surface area (Å²) in [5.41, 5.74) is 0.0179. The predicted octanol–water partition coefficient (Wildman–Crippen LogP) is 2.35. The van der Waals surface area contributed by atoms with E-state index in [4.69, 9.17) is 11.6 Å². The van der Waals surface area contributed by atoms with Crippen molar-refractivity contribution in [2.24, 2.45) is 17.8 Å². The third-order valence-corrected chi connectivity index (χ3v) is 11.5. The number of Topliss-reactive ketones (excluding diaryl/α,β-unsaturated/α-hetero) is 1. The number of sulfonamides is 1. The van der Waals surface area contributed by atoms with Gasteiger partial charge in [-0.15, -0.1) is 0 Å². The molecule has 1 aliphatic rings. The maximum Gasteiger partial charge on any atom is 0.290 e. The van der Waals surface area contributed by atoms with E-state index in [9.17, 15) is 42.0 Å². The lowest BCUT2D eigenvalue weighted by Gasteiger charge is -2.31. The molecule has 6 amide bonds. The highest BCUT2D eigenvalue weighted by molar-refractivity contribution is 7.90. The second kappa shape index (κ2) is 22.8. The van der Waals surface area contributed by atoms with E-state index >= 15 is 0 Å². The summed E-state index contributed by atoms with van der Waals surface area (Å²) in [6.45, 7) is 8.08. The van der Waals surface area contributed by atoms with Gasteiger partial charge in [-0.3, -0.25) is 38.5 Å². The zero-order chi connectivity index (χ0) is 43.0. The molecule has 1 unspecified atom stereocenters. The number of carbonyl (C=O) groups excluding carboxylic acids is 7. The monoisotopic (exact) mass is 846 g/mol. The average Bonchev–Trinajstić information content (AvgIpc) is 3.20. The van der Waals surface area contributed by atoms with Crippen molar-refractivity contribution < 1.29 is 42.0 Å². The average molecular weight is 847 g/mol. The van der Waals surface area contributed by atoms with Crippen LogP contribution in [0.15, 0.2) is 47.8 Å². The zero-order valence-electron chi connectivity index (χ0n) is 33.5. The molecule has 0 bridgehead atoms. The number of carbonyl (C=O) groups is 7. The molecule has 1 aromatic heterocycles. The van der Waals surface area contributed by atoms with Gasteiger partial charge in [0.25, 0.3) is 27.7 Å². The number of aromatic nitrogens is 2. The van der Waals surface area contributed by atoms with Crippen LogP contribution in [0, 0.1) is 17.8 Å². The number of nitrogens with one attached hydrogen (secondary N) is 6. The van der Waals surface area contributed by atoms with Gasteiger partial charge in [0, 0.05) is 17.4 Å². The Hall–Kier alpha value is -4.97. The van der Waals surface area contributed by atoms with Crippen LogP contribution in [0.4, 0.5) is 0 Å². The smallest absolute Gasteiger partial charge is 0.290 e. The Balaban J connectivity index is 1.73. The summed E-state index contributed by atoms with van der Waals surface area (Å²) in [5.74, 6) is -6.34. The first-order chi connectivity index (χ1) is 27.4. The van der Waals surface area contributed by atoms with Gasteiger partial charge < -0.3 is 26.6 Å². The van der Waals surface area contributed by atoms with Crippen molar-refractivity contribution in [1.29, 1.82) is 0 Å². The number of hydrogen-bond donors (Lipinski definition) is 6. The molecule has 58 heavy (non-hydrogen) atoms. The van der Waals surface area contributed by atoms with Crippen molar-refractivity contribution in [2.45, 2.75) is 121 Å². The molecule has 1 heterocycles. The van der Waals surface area contributed by atoms with Crippen LogP contribution in [0.2, 0.25) is 5.02 Å². The topological polar surface area (TPSA) is 252 Å². The molecule has 2 aromatic rings. The summed E-state index contributed by atoms with van der Waals surface area (Å²) in [7, 11) is -4.29. The molecule has 1 fully saturated rings. The predicted molar refractivity (Wildman–Crippen MR) is 214 cm³/mol. The van der Waals surface area contributed by atoms with Crippen LogP contribution < -0.4 is 31.3 Å². The molecule has 17 nitrogen and oxygen atoms in total. The molecule has 0 radical (unpaired) electrons. The molecule has 19 heteroatoms. The number of halogens is 1. The SMILES string of the molecule is CCC(NC(=O)[C@H](CC1CCCCC1)NC(=O)[C@@H](NC(=O)[C@H](CC(C)C)NC(=O)c1cnccn1)[C@@H](C)CC)C(=O)C(=O)NCC(=O)NS(=O)(=O)c1ccc(Cl)cc1. The van der Waals surface area contributed by atoms with E-state index in [0.717, 1.165) is 32.1 Å². The lowest BCUT2D eigenvalue weighted by Crippen LogP contribution is -2.60. The zero-order valence-corrected chi connectivity index (χ0v) is 35.1. The Labute approximate surface area is 344 Å². The van der Waals surface area contributed by atoms with Crippen LogP contribution in [0.3, 0.4) is 0 Å². The maximum absolute atomic E-state index is 14.0. The van der Waals surface area contributed by atoms with E-state index < -0.39 is 87.9 Å². The van der Waals surface area contributed by atoms with E-state index in [1.807, 2.05) is 20.8 Å². The number of amides is 6. The van der Waals surface area contributed by atoms with Crippen molar-refractivity contribution in [3.05, 3.63) is 53.6 Å². The summed E-state index contributed by atoms with van der Waals surface area (Å²) in [4.78, 5) is 101. The number of hydrogen-bond acceptors (Lipinski definition) is 11. The van der Waals surface area contributed by atoms with Crippen LogP contribution >= 0.6 is 11.6 Å². The Morgan fingerprint density at radius 1 is 0.793 bits per heavy atom. The Bertz CT molecular complexity index is 1860. The Kier molecular flexibility index (Phi) is 18.7. The first kappa shape index (κ1) is 47.4. The number of ketones is 1. The van der Waals surface area contributed by atoms with Gasteiger partial charge in [-0.25, -0.2) is 18.1 Å². The van der Waals surface area contributed by atoms with Crippen LogP contribution in [0.25, 0.3) is 0 Å². The summed E-state index contributed by atoms with van der Waals surface area (Å²) < 4.78 is 26.8. The fraction of sp³-hybridized carbons (Fsp3) is 0.564. The molecule has 5 atom stereocenters. The summed E-state index contributed by atoms with van der Waals surface area (Å²) in [5, 5.41) is 13.2. The van der Waals surface area contributed by atoms with Crippen LogP contribution in [0.5, 0.6) is 0 Å². The molecule has 1 saturated carbocycles. The van der Waals surface area contributed by atoms with E-state index in [0.29, 0.717) is 6.42 Å². The second-order valence-electron chi connectivity index (χ2n) is 14.9. The highest BCUT2D eigenvalue weighted by Gasteiger charge is 2.35. The second-order valence-corrected chi connectivity index (χ2v) is 17.0. The van der Waals surface area contributed by atoms with E-state index in [-0.39, 0.29) is 46.7 Å². The van der Waals surface area contributed by atoms with Gasteiger partial charge >= 0.3 is 0 Å². The van der Waals surface area contributed by atoms with Crippen LogP contribution in [0.1, 0.15) is 103 Å². The Morgan fingerprint density at radius 3 is 2.02 bits per heavy atom. The summed E-state index contributed by atoms with van der Waals surface area (Å²) in [6, 6.07) is 0.410. The van der Waals surface area contributed by atoms with Gasteiger partial charge in [-0.1, -0.05) is 84.7 Å². The highest BCUT2D eigenvalue weighted by Crippen LogP contribution is 2.28. The quantitative estimate of drug-likeness (QED) is 0.0995. The molecule has 0 aliphatic heterocycles. The molecule has 318 valence electrons. The molecular weight excluding hydrogens is 792 g/mol. The first-order valence-electron chi connectivity index (χ1n) is 19.6.